The largest absolute Gasteiger partial charge is 0.494 e. The standard InChI is InChI=1S/C30H27F3N2O2S.C29H28N2OS/c1-18-22(14-23-24(31)11-7-12-25(23)32)30-35(20(17-38-30)16-34-15-19-8-4-3-5-9-19)29(36)27(18)21-10-6-13-26(37-2)28(21)33;1-21-26(17-22-11-5-2-6-12-22)29-31(28(32)27(21)24-15-9-4-10-16-24)25(20-33-29)19-30-18-23-13-7-3-8-14-23/h3-13,20,34H,14-17H2,1-2H3;2-16,25,30H,17-20H2,1H3. The van der Waals surface area contributed by atoms with Gasteiger partial charge in [0, 0.05) is 61.7 Å². The number of ether oxygens (including phenoxy) is 1. The molecule has 2 unspecified atom stereocenters. The van der Waals surface area contributed by atoms with Crippen LogP contribution in [0.25, 0.3) is 22.3 Å². The Labute approximate surface area is 421 Å². The number of thioether (sulfide) groups is 2. The number of hydrogen-bond donors (Lipinski definition) is 2. The highest BCUT2D eigenvalue weighted by Gasteiger charge is 2.33. The zero-order chi connectivity index (χ0) is 49.4. The Bertz CT molecular complexity index is 3240. The molecule has 10 rings (SSSR count). The van der Waals surface area contributed by atoms with Crippen molar-refractivity contribution in [2.45, 2.75) is 61.9 Å². The summed E-state index contributed by atoms with van der Waals surface area (Å²) in [5.74, 6) is -0.434. The van der Waals surface area contributed by atoms with Crippen molar-refractivity contribution in [1.82, 2.24) is 19.8 Å². The van der Waals surface area contributed by atoms with E-state index in [0.29, 0.717) is 35.0 Å². The van der Waals surface area contributed by atoms with Gasteiger partial charge in [-0.1, -0.05) is 140 Å². The Morgan fingerprint density at radius 1 is 0.535 bits per heavy atom. The minimum atomic E-state index is -0.660. The lowest BCUT2D eigenvalue weighted by Gasteiger charge is -2.21. The molecule has 2 aliphatic heterocycles. The third-order valence-electron chi connectivity index (χ3n) is 13.3. The monoisotopic (exact) mass is 988 g/mol. The Balaban J connectivity index is 0.000000177. The van der Waals surface area contributed by atoms with Crippen LogP contribution in [0.15, 0.2) is 177 Å². The number of methoxy groups -OCH3 is 1. The predicted octanol–water partition coefficient (Wildman–Crippen LogP) is 12.1. The predicted molar refractivity (Wildman–Crippen MR) is 282 cm³/mol. The molecule has 2 aliphatic rings. The molecule has 0 fully saturated rings. The van der Waals surface area contributed by atoms with E-state index in [1.165, 1.54) is 65.9 Å². The zero-order valence-corrected chi connectivity index (χ0v) is 41.5. The van der Waals surface area contributed by atoms with Crippen molar-refractivity contribution >= 4 is 23.5 Å². The Morgan fingerprint density at radius 2 is 0.986 bits per heavy atom. The van der Waals surface area contributed by atoms with Crippen molar-refractivity contribution in [2.75, 3.05) is 31.7 Å². The van der Waals surface area contributed by atoms with Crippen molar-refractivity contribution in [3.05, 3.63) is 240 Å². The van der Waals surface area contributed by atoms with Gasteiger partial charge in [0.15, 0.2) is 11.6 Å². The van der Waals surface area contributed by atoms with E-state index < -0.39 is 17.5 Å². The number of halogens is 3. The van der Waals surface area contributed by atoms with E-state index in [-0.39, 0.29) is 52.1 Å². The number of nitrogens with one attached hydrogen (secondary N) is 2. The molecular formula is C59H55F3N4O3S2. The summed E-state index contributed by atoms with van der Waals surface area (Å²) in [6.07, 6.45) is 0.773. The van der Waals surface area contributed by atoms with Gasteiger partial charge >= 0.3 is 0 Å². The molecule has 0 radical (unpaired) electrons. The molecule has 8 aromatic rings. The maximum atomic E-state index is 15.4. The van der Waals surface area contributed by atoms with Gasteiger partial charge in [0.2, 0.25) is 0 Å². The maximum Gasteiger partial charge on any atom is 0.260 e. The summed E-state index contributed by atoms with van der Waals surface area (Å²) >= 11 is 3.31. The first kappa shape index (κ1) is 49.4. The van der Waals surface area contributed by atoms with Gasteiger partial charge in [-0.2, -0.15) is 0 Å². The quantitative estimate of drug-likeness (QED) is 0.106. The van der Waals surface area contributed by atoms with Gasteiger partial charge in [0.1, 0.15) is 11.6 Å². The summed E-state index contributed by atoms with van der Waals surface area (Å²) in [4.78, 5) is 27.8. The van der Waals surface area contributed by atoms with Gasteiger partial charge in [-0.25, -0.2) is 13.2 Å². The van der Waals surface area contributed by atoms with Gasteiger partial charge in [-0.3, -0.25) is 18.7 Å². The number of benzene rings is 6. The van der Waals surface area contributed by atoms with Crippen LogP contribution in [0.3, 0.4) is 0 Å². The van der Waals surface area contributed by atoms with Crippen LogP contribution in [0.5, 0.6) is 5.75 Å². The lowest BCUT2D eigenvalue weighted by atomic mass is 9.94. The molecule has 2 N–H and O–H groups in total. The first-order valence-electron chi connectivity index (χ1n) is 23.8. The highest BCUT2D eigenvalue weighted by molar-refractivity contribution is 7.99. The fourth-order valence-electron chi connectivity index (χ4n) is 9.61. The molecule has 2 aromatic heterocycles. The Hall–Kier alpha value is -6.57. The summed E-state index contributed by atoms with van der Waals surface area (Å²) in [7, 11) is 1.36. The van der Waals surface area contributed by atoms with Crippen LogP contribution in [0, 0.1) is 31.3 Å². The van der Waals surface area contributed by atoms with E-state index in [9.17, 15) is 18.4 Å². The topological polar surface area (TPSA) is 77.3 Å². The van der Waals surface area contributed by atoms with Gasteiger partial charge < -0.3 is 15.4 Å². The molecule has 12 heteroatoms. The molecule has 4 heterocycles. The third kappa shape index (κ3) is 10.7. The van der Waals surface area contributed by atoms with Gasteiger partial charge in [-0.05, 0) is 76.6 Å². The maximum absolute atomic E-state index is 15.4. The second kappa shape index (κ2) is 22.7. The number of hydrogen-bond acceptors (Lipinski definition) is 7. The Morgan fingerprint density at radius 3 is 1.51 bits per heavy atom. The number of rotatable bonds is 15. The van der Waals surface area contributed by atoms with Crippen molar-refractivity contribution < 1.29 is 17.9 Å². The lowest BCUT2D eigenvalue weighted by Crippen LogP contribution is -2.33. The van der Waals surface area contributed by atoms with E-state index in [2.05, 4.69) is 76.7 Å². The molecule has 6 aromatic carbocycles. The second-order valence-electron chi connectivity index (χ2n) is 17.8. The average Bonchev–Trinajstić information content (AvgIpc) is 4.02. The second-order valence-corrected chi connectivity index (χ2v) is 19.8. The lowest BCUT2D eigenvalue weighted by molar-refractivity contribution is 0.387. The first-order chi connectivity index (χ1) is 34.6. The average molecular weight is 989 g/mol. The van der Waals surface area contributed by atoms with Crippen LogP contribution in [-0.2, 0) is 25.9 Å². The van der Waals surface area contributed by atoms with E-state index in [0.717, 1.165) is 52.5 Å². The molecule has 7 nitrogen and oxygen atoms in total. The van der Waals surface area contributed by atoms with E-state index >= 15 is 4.39 Å². The molecule has 71 heavy (non-hydrogen) atoms. The summed E-state index contributed by atoms with van der Waals surface area (Å²) < 4.78 is 53.7. The molecule has 0 saturated heterocycles. The number of pyridine rings is 2. The number of fused-ring (bicyclic) bond motifs is 2. The van der Waals surface area contributed by atoms with Crippen molar-refractivity contribution in [1.29, 1.82) is 0 Å². The molecule has 2 atom stereocenters. The van der Waals surface area contributed by atoms with Crippen LogP contribution in [0.4, 0.5) is 13.2 Å². The smallest absolute Gasteiger partial charge is 0.260 e. The molecule has 0 saturated carbocycles. The zero-order valence-electron chi connectivity index (χ0n) is 39.9. The van der Waals surface area contributed by atoms with Crippen LogP contribution >= 0.6 is 23.5 Å². The van der Waals surface area contributed by atoms with Crippen molar-refractivity contribution in [2.24, 2.45) is 0 Å². The fourth-order valence-corrected chi connectivity index (χ4v) is 12.4. The molecule has 0 amide bonds. The van der Waals surface area contributed by atoms with E-state index in [1.807, 2.05) is 78.5 Å². The van der Waals surface area contributed by atoms with E-state index in [4.69, 9.17) is 4.74 Å². The summed E-state index contributed by atoms with van der Waals surface area (Å²) in [6, 6.07) is 49.3. The number of aromatic nitrogens is 2. The van der Waals surface area contributed by atoms with Crippen LogP contribution in [0.2, 0.25) is 0 Å². The molecular weight excluding hydrogens is 934 g/mol. The highest BCUT2D eigenvalue weighted by atomic mass is 32.2. The molecule has 0 spiro atoms. The van der Waals surface area contributed by atoms with Crippen molar-refractivity contribution in [3.8, 4) is 28.0 Å². The summed E-state index contributed by atoms with van der Waals surface area (Å²) in [5, 5.41) is 8.79. The minimum absolute atomic E-state index is 0.0175. The fraction of sp³-hybridized carbons (Fsp3) is 0.220. The summed E-state index contributed by atoms with van der Waals surface area (Å²) in [6.45, 7) is 6.54. The molecule has 362 valence electrons. The van der Waals surface area contributed by atoms with Gasteiger partial charge in [0.25, 0.3) is 11.1 Å². The number of nitrogens with zero attached hydrogens (tertiary/aromatic N) is 2. The minimum Gasteiger partial charge on any atom is -0.494 e. The normalized spacial score (nSPS) is 14.7. The SMILES string of the molecule is COc1cccc(-c2c(C)c(Cc3c(F)cccc3F)c3n(c2=O)C(CNCc2ccccc2)CS3)c1F.Cc1c(Cc2ccccc2)c2n(c(=O)c1-c1ccccc1)C(CNCc1ccccc1)CS2. The highest BCUT2D eigenvalue weighted by Crippen LogP contribution is 2.42. The van der Waals surface area contributed by atoms with Gasteiger partial charge in [0.05, 0.1) is 40.4 Å². The molecule has 0 aliphatic carbocycles. The first-order valence-corrected chi connectivity index (χ1v) is 25.8. The molecule has 0 bridgehead atoms. The van der Waals surface area contributed by atoms with Crippen molar-refractivity contribution in [3.63, 3.8) is 0 Å². The van der Waals surface area contributed by atoms with Crippen LogP contribution < -0.4 is 26.5 Å². The van der Waals surface area contributed by atoms with Gasteiger partial charge in [-0.15, -0.1) is 23.5 Å². The summed E-state index contributed by atoms with van der Waals surface area (Å²) in [5.41, 5.74) is 8.95. The third-order valence-corrected chi connectivity index (χ3v) is 15.8. The Kier molecular flexibility index (Phi) is 15.8. The van der Waals surface area contributed by atoms with Crippen LogP contribution in [-0.4, -0.2) is 40.8 Å². The van der Waals surface area contributed by atoms with Crippen LogP contribution in [0.1, 0.15) is 56.6 Å². The van der Waals surface area contributed by atoms with E-state index in [1.54, 1.807) is 17.6 Å².